The van der Waals surface area contributed by atoms with Crippen LogP contribution in [0.15, 0.2) is 24.4 Å². The standard InChI is InChI=1S/C14H20N2O3/c1-2-3-6-11(14(18)19)8-9-13(17)16-12-7-4-5-10-15-12/h4-5,7,10-11H,2-3,6,8-9H2,1H3,(H,18,19)(H,15,16,17)/t11-/m0/s1. The Morgan fingerprint density at radius 2 is 2.16 bits per heavy atom. The Morgan fingerprint density at radius 1 is 1.37 bits per heavy atom. The van der Waals surface area contributed by atoms with Gasteiger partial charge in [-0.2, -0.15) is 0 Å². The first-order chi connectivity index (χ1) is 9.13. The van der Waals surface area contributed by atoms with Gasteiger partial charge in [0.15, 0.2) is 0 Å². The highest BCUT2D eigenvalue weighted by Crippen LogP contribution is 2.15. The Kier molecular flexibility index (Phi) is 6.57. The number of carbonyl (C=O) groups is 2. The Balaban J connectivity index is 2.37. The predicted molar refractivity (Wildman–Crippen MR) is 72.8 cm³/mol. The summed E-state index contributed by atoms with van der Waals surface area (Å²) in [5.74, 6) is -0.956. The van der Waals surface area contributed by atoms with Crippen LogP contribution < -0.4 is 5.32 Å². The van der Waals surface area contributed by atoms with Gasteiger partial charge < -0.3 is 10.4 Å². The number of anilines is 1. The van der Waals surface area contributed by atoms with Gasteiger partial charge in [0.25, 0.3) is 0 Å². The van der Waals surface area contributed by atoms with Gasteiger partial charge in [-0.05, 0) is 25.0 Å². The fourth-order valence-electron chi connectivity index (χ4n) is 1.79. The molecular formula is C14H20N2O3. The lowest BCUT2D eigenvalue weighted by molar-refractivity contribution is -0.142. The molecule has 2 N–H and O–H groups in total. The quantitative estimate of drug-likeness (QED) is 0.756. The maximum absolute atomic E-state index is 11.7. The number of carboxylic acids is 1. The van der Waals surface area contributed by atoms with Crippen molar-refractivity contribution in [2.24, 2.45) is 5.92 Å². The van der Waals surface area contributed by atoms with E-state index in [1.54, 1.807) is 24.4 Å². The van der Waals surface area contributed by atoms with Crippen molar-refractivity contribution in [3.63, 3.8) is 0 Å². The Bertz CT molecular complexity index is 406. The number of carbonyl (C=O) groups excluding carboxylic acids is 1. The van der Waals surface area contributed by atoms with Crippen LogP contribution in [-0.2, 0) is 9.59 Å². The fraction of sp³-hybridized carbons (Fsp3) is 0.500. The zero-order valence-corrected chi connectivity index (χ0v) is 11.1. The van der Waals surface area contributed by atoms with Crippen LogP contribution >= 0.6 is 0 Å². The minimum atomic E-state index is -0.820. The van der Waals surface area contributed by atoms with Gasteiger partial charge in [0.05, 0.1) is 5.92 Å². The third-order valence-corrected chi connectivity index (χ3v) is 2.91. The molecular weight excluding hydrogens is 244 g/mol. The molecule has 0 unspecified atom stereocenters. The minimum absolute atomic E-state index is 0.193. The molecule has 1 aromatic rings. The molecule has 1 heterocycles. The molecule has 0 aliphatic carbocycles. The van der Waals surface area contributed by atoms with Crippen LogP contribution in [-0.4, -0.2) is 22.0 Å². The van der Waals surface area contributed by atoms with Gasteiger partial charge in [-0.1, -0.05) is 25.8 Å². The first-order valence-electron chi connectivity index (χ1n) is 6.57. The molecule has 0 aliphatic heterocycles. The summed E-state index contributed by atoms with van der Waals surface area (Å²) >= 11 is 0. The molecule has 104 valence electrons. The lowest BCUT2D eigenvalue weighted by atomic mass is 9.97. The monoisotopic (exact) mass is 264 g/mol. The third-order valence-electron chi connectivity index (χ3n) is 2.91. The predicted octanol–water partition coefficient (Wildman–Crippen LogP) is 2.69. The van der Waals surface area contributed by atoms with E-state index in [2.05, 4.69) is 10.3 Å². The number of amides is 1. The molecule has 19 heavy (non-hydrogen) atoms. The van der Waals surface area contributed by atoms with Crippen molar-refractivity contribution < 1.29 is 14.7 Å². The van der Waals surface area contributed by atoms with Crippen LogP contribution in [0.2, 0.25) is 0 Å². The van der Waals surface area contributed by atoms with E-state index in [0.717, 1.165) is 12.8 Å². The number of hydrogen-bond acceptors (Lipinski definition) is 3. The SMILES string of the molecule is CCCC[C@@H](CCC(=O)Nc1ccccn1)C(=O)O. The molecule has 1 aromatic heterocycles. The molecule has 0 fully saturated rings. The van der Waals surface area contributed by atoms with Crippen molar-refractivity contribution in [3.05, 3.63) is 24.4 Å². The van der Waals surface area contributed by atoms with Gasteiger partial charge in [-0.15, -0.1) is 0 Å². The van der Waals surface area contributed by atoms with E-state index in [1.165, 1.54) is 0 Å². The maximum atomic E-state index is 11.7. The summed E-state index contributed by atoms with van der Waals surface area (Å²) in [4.78, 5) is 26.7. The lowest BCUT2D eigenvalue weighted by Gasteiger charge is -2.11. The summed E-state index contributed by atoms with van der Waals surface area (Å²) in [6.45, 7) is 2.02. The van der Waals surface area contributed by atoms with Gasteiger partial charge in [0.2, 0.25) is 5.91 Å². The highest BCUT2D eigenvalue weighted by Gasteiger charge is 2.18. The van der Waals surface area contributed by atoms with Gasteiger partial charge in [0.1, 0.15) is 5.82 Å². The number of nitrogens with one attached hydrogen (secondary N) is 1. The maximum Gasteiger partial charge on any atom is 0.306 e. The Morgan fingerprint density at radius 3 is 2.74 bits per heavy atom. The van der Waals surface area contributed by atoms with E-state index < -0.39 is 11.9 Å². The molecule has 5 nitrogen and oxygen atoms in total. The third kappa shape index (κ3) is 5.99. The van der Waals surface area contributed by atoms with Crippen LogP contribution in [0.4, 0.5) is 5.82 Å². The second-order valence-electron chi connectivity index (χ2n) is 4.48. The summed E-state index contributed by atoms with van der Waals surface area (Å²) in [6.07, 6.45) is 4.63. The van der Waals surface area contributed by atoms with Crippen molar-refractivity contribution in [2.75, 3.05) is 5.32 Å². The molecule has 5 heteroatoms. The average molecular weight is 264 g/mol. The summed E-state index contributed by atoms with van der Waals surface area (Å²) in [5.41, 5.74) is 0. The Labute approximate surface area is 113 Å². The zero-order valence-electron chi connectivity index (χ0n) is 11.1. The number of unbranched alkanes of at least 4 members (excludes halogenated alkanes) is 1. The molecule has 0 bridgehead atoms. The van der Waals surface area contributed by atoms with Gasteiger partial charge in [-0.25, -0.2) is 4.98 Å². The summed E-state index contributed by atoms with van der Waals surface area (Å²) in [6, 6.07) is 5.24. The van der Waals surface area contributed by atoms with E-state index in [0.29, 0.717) is 18.7 Å². The van der Waals surface area contributed by atoms with E-state index >= 15 is 0 Å². The summed E-state index contributed by atoms with van der Waals surface area (Å²) in [5, 5.41) is 11.7. The summed E-state index contributed by atoms with van der Waals surface area (Å²) < 4.78 is 0. The van der Waals surface area contributed by atoms with Gasteiger partial charge in [-0.3, -0.25) is 9.59 Å². The first-order valence-corrected chi connectivity index (χ1v) is 6.57. The van der Waals surface area contributed by atoms with E-state index in [9.17, 15) is 9.59 Å². The van der Waals surface area contributed by atoms with Gasteiger partial charge in [0, 0.05) is 12.6 Å². The highest BCUT2D eigenvalue weighted by atomic mass is 16.4. The van der Waals surface area contributed by atoms with E-state index in [-0.39, 0.29) is 12.3 Å². The number of hydrogen-bond donors (Lipinski definition) is 2. The number of carboxylic acid groups (broad SMARTS) is 1. The lowest BCUT2D eigenvalue weighted by Crippen LogP contribution is -2.18. The van der Waals surface area contributed by atoms with Crippen LogP contribution in [0, 0.1) is 5.92 Å². The van der Waals surface area contributed by atoms with Crippen LogP contribution in [0.25, 0.3) is 0 Å². The molecule has 1 rings (SSSR count). The number of aliphatic carboxylic acids is 1. The highest BCUT2D eigenvalue weighted by molar-refractivity contribution is 5.89. The largest absolute Gasteiger partial charge is 0.481 e. The topological polar surface area (TPSA) is 79.3 Å². The normalized spacial score (nSPS) is 11.8. The molecule has 0 radical (unpaired) electrons. The molecule has 0 aliphatic rings. The fourth-order valence-corrected chi connectivity index (χ4v) is 1.79. The molecule has 0 saturated carbocycles. The minimum Gasteiger partial charge on any atom is -0.481 e. The second kappa shape index (κ2) is 8.24. The van der Waals surface area contributed by atoms with Crippen molar-refractivity contribution in [1.82, 2.24) is 4.98 Å². The van der Waals surface area contributed by atoms with Crippen molar-refractivity contribution >= 4 is 17.7 Å². The van der Waals surface area contributed by atoms with Crippen LogP contribution in [0.5, 0.6) is 0 Å². The zero-order chi connectivity index (χ0) is 14.1. The Hall–Kier alpha value is -1.91. The van der Waals surface area contributed by atoms with E-state index in [1.807, 2.05) is 6.92 Å². The number of rotatable bonds is 8. The van der Waals surface area contributed by atoms with Gasteiger partial charge >= 0.3 is 5.97 Å². The van der Waals surface area contributed by atoms with Crippen LogP contribution in [0.3, 0.4) is 0 Å². The van der Waals surface area contributed by atoms with E-state index in [4.69, 9.17) is 5.11 Å². The molecule has 0 aromatic carbocycles. The smallest absolute Gasteiger partial charge is 0.306 e. The number of nitrogens with zero attached hydrogens (tertiary/aromatic N) is 1. The molecule has 1 atom stereocenters. The van der Waals surface area contributed by atoms with Crippen molar-refractivity contribution in [1.29, 1.82) is 0 Å². The average Bonchev–Trinajstić information content (AvgIpc) is 2.39. The molecule has 1 amide bonds. The number of aromatic nitrogens is 1. The molecule has 0 spiro atoms. The van der Waals surface area contributed by atoms with Crippen molar-refractivity contribution in [3.8, 4) is 0 Å². The first kappa shape index (κ1) is 15.1. The summed E-state index contributed by atoms with van der Waals surface area (Å²) in [7, 11) is 0. The van der Waals surface area contributed by atoms with Crippen molar-refractivity contribution in [2.45, 2.75) is 39.0 Å². The second-order valence-corrected chi connectivity index (χ2v) is 4.48. The number of pyridine rings is 1. The van der Waals surface area contributed by atoms with Crippen LogP contribution in [0.1, 0.15) is 39.0 Å². The molecule has 0 saturated heterocycles.